The molecule has 0 spiro atoms. The van der Waals surface area contributed by atoms with Crippen LogP contribution in [0.4, 0.5) is 5.69 Å². The van der Waals surface area contributed by atoms with Crippen molar-refractivity contribution >= 4 is 23.2 Å². The number of carbonyl (C=O) groups excluding carboxylic acids is 1. The van der Waals surface area contributed by atoms with Crippen LogP contribution in [-0.4, -0.2) is 24.5 Å². The molecule has 0 aliphatic carbocycles. The number of nitrogens with two attached hydrogens (primary N) is 1. The Morgan fingerprint density at radius 2 is 2.00 bits per heavy atom. The lowest BCUT2D eigenvalue weighted by molar-refractivity contribution is -0.116. The first-order valence-electron chi connectivity index (χ1n) is 6.88. The first kappa shape index (κ1) is 16.8. The summed E-state index contributed by atoms with van der Waals surface area (Å²) in [6, 6.07) is 6.28. The minimum Gasteiger partial charge on any atom is -0.368 e. The van der Waals surface area contributed by atoms with E-state index in [0.717, 1.165) is 11.3 Å². The predicted octanol–water partition coefficient (Wildman–Crippen LogP) is 2.54. The average Bonchev–Trinajstić information content (AvgIpc) is 2.33. The molecule has 3 N–H and O–H groups in total. The second-order valence-corrected chi connectivity index (χ2v) is 5.93. The maximum atomic E-state index is 11.3. The molecule has 0 aromatic heterocycles. The molecule has 0 unspecified atom stereocenters. The Hall–Kier alpha value is -1.26. The van der Waals surface area contributed by atoms with Crippen LogP contribution in [0.3, 0.4) is 0 Å². The lowest BCUT2D eigenvalue weighted by atomic mass is 10.1. The van der Waals surface area contributed by atoms with Crippen LogP contribution in [-0.2, 0) is 11.3 Å². The van der Waals surface area contributed by atoms with E-state index in [0.29, 0.717) is 17.6 Å². The first-order valence-corrected chi connectivity index (χ1v) is 7.25. The maximum absolute atomic E-state index is 11.3. The Morgan fingerprint density at radius 1 is 1.35 bits per heavy atom. The number of amides is 1. The zero-order valence-corrected chi connectivity index (χ0v) is 13.4. The Kier molecular flexibility index (Phi) is 6.30. The third-order valence-corrected chi connectivity index (χ3v) is 3.24. The molecule has 112 valence electrons. The second-order valence-electron chi connectivity index (χ2n) is 5.50. The number of anilines is 1. The van der Waals surface area contributed by atoms with Crippen LogP contribution in [0.1, 0.15) is 33.3 Å². The first-order chi connectivity index (χ1) is 9.31. The SMILES string of the molecule is CC(C)NCc1cc(Cl)ccc1N(CC(N)=O)C(C)C. The number of hydrogen-bond donors (Lipinski definition) is 2. The molecule has 1 aromatic carbocycles. The molecule has 4 nitrogen and oxygen atoms in total. The van der Waals surface area contributed by atoms with Gasteiger partial charge in [0.1, 0.15) is 0 Å². The summed E-state index contributed by atoms with van der Waals surface area (Å²) in [4.78, 5) is 13.3. The molecular weight excluding hydrogens is 274 g/mol. The second kappa shape index (κ2) is 7.50. The molecular formula is C15H24ClN3O. The third kappa shape index (κ3) is 5.02. The van der Waals surface area contributed by atoms with Gasteiger partial charge in [0.05, 0.1) is 6.54 Å². The molecule has 0 saturated heterocycles. The van der Waals surface area contributed by atoms with Crippen molar-refractivity contribution in [2.45, 2.75) is 46.3 Å². The quantitative estimate of drug-likeness (QED) is 0.813. The highest BCUT2D eigenvalue weighted by atomic mass is 35.5. The van der Waals surface area contributed by atoms with Gasteiger partial charge in [0, 0.05) is 29.3 Å². The van der Waals surface area contributed by atoms with Crippen molar-refractivity contribution in [2.24, 2.45) is 5.73 Å². The van der Waals surface area contributed by atoms with Crippen LogP contribution in [0.15, 0.2) is 18.2 Å². The number of carbonyl (C=O) groups is 1. The van der Waals surface area contributed by atoms with Gasteiger partial charge in [-0.1, -0.05) is 25.4 Å². The van der Waals surface area contributed by atoms with Gasteiger partial charge in [0.2, 0.25) is 5.91 Å². The summed E-state index contributed by atoms with van der Waals surface area (Å²) >= 11 is 6.08. The molecule has 1 rings (SSSR count). The zero-order valence-electron chi connectivity index (χ0n) is 12.6. The van der Waals surface area contributed by atoms with Gasteiger partial charge in [0.15, 0.2) is 0 Å². The number of primary amides is 1. The highest BCUT2D eigenvalue weighted by Gasteiger charge is 2.17. The Morgan fingerprint density at radius 3 is 2.50 bits per heavy atom. The van der Waals surface area contributed by atoms with Gasteiger partial charge in [-0.3, -0.25) is 4.79 Å². The van der Waals surface area contributed by atoms with Gasteiger partial charge in [-0.25, -0.2) is 0 Å². The standard InChI is InChI=1S/C15H24ClN3O/c1-10(2)18-8-12-7-13(16)5-6-14(12)19(11(3)4)9-15(17)20/h5-7,10-11,18H,8-9H2,1-4H3,(H2,17,20). The smallest absolute Gasteiger partial charge is 0.236 e. The van der Waals surface area contributed by atoms with Crippen LogP contribution in [0.25, 0.3) is 0 Å². The van der Waals surface area contributed by atoms with Gasteiger partial charge in [-0.05, 0) is 37.6 Å². The summed E-state index contributed by atoms with van der Waals surface area (Å²) in [7, 11) is 0. The van der Waals surface area contributed by atoms with Crippen molar-refractivity contribution in [1.82, 2.24) is 5.32 Å². The van der Waals surface area contributed by atoms with Crippen molar-refractivity contribution < 1.29 is 4.79 Å². The number of benzene rings is 1. The summed E-state index contributed by atoms with van der Waals surface area (Å²) in [6.45, 7) is 9.17. The van der Waals surface area contributed by atoms with Crippen molar-refractivity contribution in [1.29, 1.82) is 0 Å². The van der Waals surface area contributed by atoms with E-state index < -0.39 is 0 Å². The van der Waals surface area contributed by atoms with Crippen molar-refractivity contribution in [3.05, 3.63) is 28.8 Å². The molecule has 0 atom stereocenters. The van der Waals surface area contributed by atoms with Crippen LogP contribution in [0.2, 0.25) is 5.02 Å². The average molecular weight is 298 g/mol. The van der Waals surface area contributed by atoms with Crippen LogP contribution in [0, 0.1) is 0 Å². The number of nitrogens with zero attached hydrogens (tertiary/aromatic N) is 1. The van der Waals surface area contributed by atoms with Crippen molar-refractivity contribution in [3.8, 4) is 0 Å². The molecule has 0 aliphatic heterocycles. The van der Waals surface area contributed by atoms with Crippen molar-refractivity contribution in [2.75, 3.05) is 11.4 Å². The predicted molar refractivity (Wildman–Crippen MR) is 85.1 cm³/mol. The number of hydrogen-bond acceptors (Lipinski definition) is 3. The fourth-order valence-electron chi connectivity index (χ4n) is 2.00. The van der Waals surface area contributed by atoms with Gasteiger partial charge in [-0.2, -0.15) is 0 Å². The molecule has 20 heavy (non-hydrogen) atoms. The molecule has 1 amide bonds. The fourth-order valence-corrected chi connectivity index (χ4v) is 2.20. The van der Waals surface area contributed by atoms with E-state index in [1.54, 1.807) is 0 Å². The van der Waals surface area contributed by atoms with E-state index in [2.05, 4.69) is 19.2 Å². The van der Waals surface area contributed by atoms with Gasteiger partial charge < -0.3 is 16.0 Å². The molecule has 0 radical (unpaired) electrons. The Bertz CT molecular complexity index is 460. The van der Waals surface area contributed by atoms with Crippen LogP contribution in [0.5, 0.6) is 0 Å². The molecule has 5 heteroatoms. The molecule has 0 heterocycles. The lowest BCUT2D eigenvalue weighted by Gasteiger charge is -2.30. The largest absolute Gasteiger partial charge is 0.368 e. The van der Waals surface area contributed by atoms with Crippen LogP contribution >= 0.6 is 11.6 Å². The van der Waals surface area contributed by atoms with E-state index in [1.807, 2.05) is 36.9 Å². The Labute approximate surface area is 126 Å². The minimum atomic E-state index is -0.337. The Balaban J connectivity index is 3.09. The highest BCUT2D eigenvalue weighted by Crippen LogP contribution is 2.26. The van der Waals surface area contributed by atoms with E-state index in [-0.39, 0.29) is 18.5 Å². The molecule has 0 saturated carbocycles. The number of nitrogens with one attached hydrogen (secondary N) is 1. The van der Waals surface area contributed by atoms with Gasteiger partial charge in [-0.15, -0.1) is 0 Å². The normalized spacial score (nSPS) is 11.2. The maximum Gasteiger partial charge on any atom is 0.236 e. The third-order valence-electron chi connectivity index (χ3n) is 3.00. The van der Waals surface area contributed by atoms with E-state index in [9.17, 15) is 4.79 Å². The zero-order chi connectivity index (χ0) is 15.3. The number of halogens is 1. The lowest BCUT2D eigenvalue weighted by Crippen LogP contribution is -2.39. The molecule has 1 aromatic rings. The van der Waals surface area contributed by atoms with Crippen LogP contribution < -0.4 is 16.0 Å². The summed E-state index contributed by atoms with van der Waals surface area (Å²) in [5.74, 6) is -0.337. The topological polar surface area (TPSA) is 58.4 Å². The summed E-state index contributed by atoms with van der Waals surface area (Å²) in [6.07, 6.45) is 0. The summed E-state index contributed by atoms with van der Waals surface area (Å²) in [5, 5.41) is 4.07. The van der Waals surface area contributed by atoms with E-state index >= 15 is 0 Å². The number of rotatable bonds is 7. The highest BCUT2D eigenvalue weighted by molar-refractivity contribution is 6.30. The molecule has 0 aliphatic rings. The minimum absolute atomic E-state index is 0.182. The monoisotopic (exact) mass is 297 g/mol. The van der Waals surface area contributed by atoms with Gasteiger partial charge >= 0.3 is 0 Å². The molecule has 0 bridgehead atoms. The van der Waals surface area contributed by atoms with Gasteiger partial charge in [0.25, 0.3) is 0 Å². The summed E-state index contributed by atoms with van der Waals surface area (Å²) in [5.41, 5.74) is 7.42. The van der Waals surface area contributed by atoms with E-state index in [1.165, 1.54) is 0 Å². The fraction of sp³-hybridized carbons (Fsp3) is 0.533. The summed E-state index contributed by atoms with van der Waals surface area (Å²) < 4.78 is 0. The van der Waals surface area contributed by atoms with E-state index in [4.69, 9.17) is 17.3 Å². The van der Waals surface area contributed by atoms with Crippen molar-refractivity contribution in [3.63, 3.8) is 0 Å². The molecule has 0 fully saturated rings.